The molecule has 0 heterocycles. The zero-order valence-corrected chi connectivity index (χ0v) is 28.6. The van der Waals surface area contributed by atoms with Crippen molar-refractivity contribution in [2.24, 2.45) is 0 Å². The largest absolute Gasteiger partial charge is 0.121 e. The van der Waals surface area contributed by atoms with Crippen molar-refractivity contribution in [3.05, 3.63) is 222 Å². The lowest BCUT2D eigenvalue weighted by atomic mass is 9.54. The standard InChI is InChI=1S/C42H37P3/c43-37-27-17-26-36(39(32-18-5-1-6-19-32)28-13-15-30-41(39,44)34-22-9-3-10-23-34)38(37)40(33-20-7-2-8-21-33)29-14-16-31-42(40,45)35-24-11-4-12-25-35/h1-31H,43-45H2. The molecule has 0 amide bonds. The molecule has 3 heteroatoms. The van der Waals surface area contributed by atoms with Gasteiger partial charge in [0.15, 0.2) is 0 Å². The third-order valence-electron chi connectivity index (χ3n) is 9.81. The van der Waals surface area contributed by atoms with Crippen molar-refractivity contribution in [3.63, 3.8) is 0 Å². The molecular weight excluding hydrogens is 597 g/mol. The van der Waals surface area contributed by atoms with Crippen LogP contribution in [0.15, 0.2) is 188 Å². The molecule has 0 aliphatic heterocycles. The summed E-state index contributed by atoms with van der Waals surface area (Å²) in [6.45, 7) is 0. The summed E-state index contributed by atoms with van der Waals surface area (Å²) in [7, 11) is 9.77. The van der Waals surface area contributed by atoms with Crippen molar-refractivity contribution < 1.29 is 0 Å². The lowest BCUT2D eigenvalue weighted by molar-refractivity contribution is 0.477. The first-order chi connectivity index (χ1) is 22.0. The summed E-state index contributed by atoms with van der Waals surface area (Å²) >= 11 is 0. The van der Waals surface area contributed by atoms with Crippen molar-refractivity contribution in [3.8, 4) is 0 Å². The summed E-state index contributed by atoms with van der Waals surface area (Å²) < 4.78 is 0. The van der Waals surface area contributed by atoms with Crippen molar-refractivity contribution >= 4 is 33.0 Å². The van der Waals surface area contributed by atoms with E-state index in [0.29, 0.717) is 0 Å². The van der Waals surface area contributed by atoms with Gasteiger partial charge in [0.05, 0.1) is 10.8 Å². The highest BCUT2D eigenvalue weighted by Crippen LogP contribution is 2.62. The van der Waals surface area contributed by atoms with Crippen molar-refractivity contribution in [2.45, 2.75) is 21.1 Å². The molecule has 0 spiro atoms. The zero-order chi connectivity index (χ0) is 31.0. The molecule has 7 unspecified atom stereocenters. The SMILES string of the molecule is Pc1cccc(C2(c3ccccc3)C=CC=CC2(P)c2ccccc2)c1C1(c2ccccc2)C=CC=CC1(P)c1ccccc1. The predicted molar refractivity (Wildman–Crippen MR) is 202 cm³/mol. The Morgan fingerprint density at radius 2 is 0.733 bits per heavy atom. The highest BCUT2D eigenvalue weighted by atomic mass is 31.0. The van der Waals surface area contributed by atoms with E-state index in [1.165, 1.54) is 38.7 Å². The van der Waals surface area contributed by atoms with Gasteiger partial charge in [0.2, 0.25) is 0 Å². The molecule has 0 bridgehead atoms. The number of rotatable bonds is 6. The van der Waals surface area contributed by atoms with Crippen molar-refractivity contribution in [1.29, 1.82) is 0 Å². The van der Waals surface area contributed by atoms with E-state index in [-0.39, 0.29) is 0 Å². The van der Waals surface area contributed by atoms with Gasteiger partial charge in [-0.25, -0.2) is 0 Å². The van der Waals surface area contributed by atoms with E-state index in [2.05, 4.69) is 216 Å². The summed E-state index contributed by atoms with van der Waals surface area (Å²) in [4.78, 5) is 0. The molecule has 0 N–H and O–H groups in total. The van der Waals surface area contributed by atoms with Crippen molar-refractivity contribution in [2.75, 3.05) is 0 Å². The number of benzene rings is 5. The second kappa shape index (κ2) is 11.9. The maximum absolute atomic E-state index is 3.32. The maximum Gasteiger partial charge on any atom is 0.0559 e. The molecule has 0 saturated heterocycles. The molecule has 7 atom stereocenters. The highest BCUT2D eigenvalue weighted by Gasteiger charge is 2.56. The van der Waals surface area contributed by atoms with Crippen LogP contribution in [0.1, 0.15) is 33.4 Å². The topological polar surface area (TPSA) is 0 Å². The van der Waals surface area contributed by atoms with Gasteiger partial charge in [0.25, 0.3) is 0 Å². The third kappa shape index (κ3) is 4.54. The molecule has 2 aliphatic rings. The Morgan fingerprint density at radius 1 is 0.356 bits per heavy atom. The van der Waals surface area contributed by atoms with E-state index in [1.54, 1.807) is 0 Å². The monoisotopic (exact) mass is 634 g/mol. The fourth-order valence-corrected chi connectivity index (χ4v) is 9.67. The molecule has 0 aromatic heterocycles. The van der Waals surface area contributed by atoms with Gasteiger partial charge in [-0.3, -0.25) is 0 Å². The van der Waals surface area contributed by atoms with Gasteiger partial charge >= 0.3 is 0 Å². The molecule has 45 heavy (non-hydrogen) atoms. The molecule has 7 rings (SSSR count). The lowest BCUT2D eigenvalue weighted by Gasteiger charge is -2.54. The van der Waals surface area contributed by atoms with Crippen LogP contribution < -0.4 is 5.30 Å². The van der Waals surface area contributed by atoms with Crippen LogP contribution >= 0.6 is 27.7 Å². The Kier molecular flexibility index (Phi) is 7.96. The maximum atomic E-state index is 3.32. The number of allylic oxidation sites excluding steroid dienone is 8. The van der Waals surface area contributed by atoms with Crippen LogP contribution in [0.25, 0.3) is 0 Å². The molecule has 220 valence electrons. The molecule has 5 aromatic rings. The Balaban J connectivity index is 1.66. The van der Waals surface area contributed by atoms with E-state index in [1.807, 2.05) is 0 Å². The lowest BCUT2D eigenvalue weighted by Crippen LogP contribution is -2.51. The van der Waals surface area contributed by atoms with Gasteiger partial charge in [-0.2, -0.15) is 0 Å². The van der Waals surface area contributed by atoms with Crippen LogP contribution in [0.3, 0.4) is 0 Å². The minimum atomic E-state index is -0.568. The molecule has 0 saturated carbocycles. The molecule has 0 radical (unpaired) electrons. The average molecular weight is 635 g/mol. The van der Waals surface area contributed by atoms with Crippen LogP contribution in [-0.4, -0.2) is 0 Å². The van der Waals surface area contributed by atoms with Crippen LogP contribution in [0.4, 0.5) is 0 Å². The summed E-state index contributed by atoms with van der Waals surface area (Å²) in [5.74, 6) is 0. The van der Waals surface area contributed by atoms with Gasteiger partial charge in [0, 0.05) is 10.3 Å². The van der Waals surface area contributed by atoms with Gasteiger partial charge < -0.3 is 0 Å². The Morgan fingerprint density at radius 3 is 1.22 bits per heavy atom. The smallest absolute Gasteiger partial charge is 0.0559 e. The van der Waals surface area contributed by atoms with Gasteiger partial charge in [0.1, 0.15) is 0 Å². The van der Waals surface area contributed by atoms with Crippen LogP contribution in [0.2, 0.25) is 0 Å². The van der Waals surface area contributed by atoms with Gasteiger partial charge in [-0.15, -0.1) is 27.7 Å². The van der Waals surface area contributed by atoms with Crippen molar-refractivity contribution in [1.82, 2.24) is 0 Å². The zero-order valence-electron chi connectivity index (χ0n) is 25.1. The normalized spacial score (nSPS) is 27.0. The summed E-state index contributed by atoms with van der Waals surface area (Å²) in [5.41, 5.74) is 6.40. The van der Waals surface area contributed by atoms with Gasteiger partial charge in [-0.05, 0) is 38.7 Å². The summed E-state index contributed by atoms with van der Waals surface area (Å²) in [6.07, 6.45) is 18.5. The minimum Gasteiger partial charge on any atom is -0.121 e. The fourth-order valence-electron chi connectivity index (χ4n) is 7.74. The molecule has 2 aliphatic carbocycles. The Bertz CT molecular complexity index is 1930. The Hall–Kier alpha value is -3.65. The van der Waals surface area contributed by atoms with Gasteiger partial charge in [-0.1, -0.05) is 188 Å². The second-order valence-electron chi connectivity index (χ2n) is 12.0. The van der Waals surface area contributed by atoms with E-state index >= 15 is 0 Å². The van der Waals surface area contributed by atoms with E-state index in [4.69, 9.17) is 0 Å². The summed E-state index contributed by atoms with van der Waals surface area (Å²) in [5, 5.41) is 0.228. The fraction of sp³-hybridized carbons (Fsp3) is 0.0952. The van der Waals surface area contributed by atoms with E-state index < -0.39 is 21.1 Å². The van der Waals surface area contributed by atoms with E-state index in [9.17, 15) is 0 Å². The predicted octanol–water partition coefficient (Wildman–Crippen LogP) is 9.55. The first-order valence-electron chi connectivity index (χ1n) is 15.4. The minimum absolute atomic E-state index is 0.472. The number of hydrogen-bond donors (Lipinski definition) is 0. The average Bonchev–Trinajstić information content (AvgIpc) is 3.10. The molecule has 5 aromatic carbocycles. The molecule has 0 fully saturated rings. The van der Waals surface area contributed by atoms with Crippen LogP contribution in [-0.2, 0) is 21.1 Å². The molecular formula is C42H37P3. The first kappa shape index (κ1) is 30.0. The van der Waals surface area contributed by atoms with E-state index in [0.717, 1.165) is 0 Å². The molecule has 0 nitrogen and oxygen atoms in total. The van der Waals surface area contributed by atoms with Crippen LogP contribution in [0, 0.1) is 0 Å². The second-order valence-corrected chi connectivity index (χ2v) is 14.5. The highest BCUT2D eigenvalue weighted by molar-refractivity contribution is 7.27. The van der Waals surface area contributed by atoms with Crippen LogP contribution in [0.5, 0.6) is 0 Å². The first-order valence-corrected chi connectivity index (χ1v) is 17.1. The quantitative estimate of drug-likeness (QED) is 0.163. The third-order valence-corrected chi connectivity index (χ3v) is 12.3. The Labute approximate surface area is 274 Å². The number of hydrogen-bond acceptors (Lipinski definition) is 0. The summed E-state index contributed by atoms with van der Waals surface area (Å²) in [6, 6.07) is 50.8.